The summed E-state index contributed by atoms with van der Waals surface area (Å²) in [5.41, 5.74) is 2.55. The van der Waals surface area contributed by atoms with Gasteiger partial charge in [-0.2, -0.15) is 0 Å². The summed E-state index contributed by atoms with van der Waals surface area (Å²) in [5.74, 6) is 3.06. The molecule has 26 heavy (non-hydrogen) atoms. The van der Waals surface area contributed by atoms with Gasteiger partial charge in [0.2, 0.25) is 11.6 Å². The number of ether oxygens (including phenoxy) is 4. The molecule has 6 heteroatoms. The Kier molecular flexibility index (Phi) is 5.31. The number of nitrogens with zero attached hydrogens (tertiary/aromatic N) is 1. The first kappa shape index (κ1) is 17.7. The van der Waals surface area contributed by atoms with Gasteiger partial charge in [0, 0.05) is 5.56 Å². The van der Waals surface area contributed by atoms with Crippen molar-refractivity contribution in [3.8, 4) is 34.5 Å². The van der Waals surface area contributed by atoms with Crippen LogP contribution in [0.5, 0.6) is 23.0 Å². The van der Waals surface area contributed by atoms with Crippen LogP contribution in [0.1, 0.15) is 11.3 Å². The van der Waals surface area contributed by atoms with Crippen LogP contribution in [0.25, 0.3) is 11.5 Å². The van der Waals surface area contributed by atoms with E-state index in [0.717, 1.165) is 16.9 Å². The third-order valence-corrected chi connectivity index (χ3v) is 3.86. The van der Waals surface area contributed by atoms with Crippen LogP contribution < -0.4 is 18.9 Å². The average Bonchev–Trinajstić information content (AvgIpc) is 3.15. The van der Waals surface area contributed by atoms with Crippen molar-refractivity contribution in [3.63, 3.8) is 0 Å². The number of aryl methyl sites for hydroxylation is 1. The van der Waals surface area contributed by atoms with Crippen LogP contribution in [-0.4, -0.2) is 26.3 Å². The molecule has 0 atom stereocenters. The molecule has 1 heterocycles. The van der Waals surface area contributed by atoms with Crippen molar-refractivity contribution in [2.24, 2.45) is 0 Å². The SMILES string of the molecule is COc1ccc(-c2nc(COc3c(OC)cc(C)cc3OC)co2)cc1. The largest absolute Gasteiger partial charge is 0.497 e. The van der Waals surface area contributed by atoms with Crippen molar-refractivity contribution in [2.45, 2.75) is 13.5 Å². The van der Waals surface area contributed by atoms with Crippen molar-refractivity contribution in [2.75, 3.05) is 21.3 Å². The molecule has 3 rings (SSSR count). The van der Waals surface area contributed by atoms with Crippen molar-refractivity contribution in [3.05, 3.63) is 53.9 Å². The van der Waals surface area contributed by atoms with Crippen LogP contribution in [-0.2, 0) is 6.61 Å². The van der Waals surface area contributed by atoms with Crippen LogP contribution in [0.4, 0.5) is 0 Å². The first-order valence-electron chi connectivity index (χ1n) is 8.09. The fourth-order valence-electron chi connectivity index (χ4n) is 2.54. The minimum Gasteiger partial charge on any atom is -0.497 e. The highest BCUT2D eigenvalue weighted by Crippen LogP contribution is 2.38. The number of aromatic nitrogens is 1. The Labute approximate surface area is 152 Å². The number of methoxy groups -OCH3 is 3. The monoisotopic (exact) mass is 355 g/mol. The van der Waals surface area contributed by atoms with Gasteiger partial charge >= 0.3 is 0 Å². The topological polar surface area (TPSA) is 63.0 Å². The number of benzene rings is 2. The highest BCUT2D eigenvalue weighted by atomic mass is 16.5. The molecule has 0 fully saturated rings. The van der Waals surface area contributed by atoms with Gasteiger partial charge < -0.3 is 23.4 Å². The summed E-state index contributed by atoms with van der Waals surface area (Å²) < 4.78 is 27.4. The standard InChI is InChI=1S/C20H21NO5/c1-13-9-17(23-3)19(18(10-13)24-4)25-11-15-12-26-20(21-15)14-5-7-16(22-2)8-6-14/h5-10,12H,11H2,1-4H3. The molecule has 0 unspecified atom stereocenters. The van der Waals surface area contributed by atoms with Gasteiger partial charge in [-0.15, -0.1) is 0 Å². The van der Waals surface area contributed by atoms with Gasteiger partial charge in [-0.05, 0) is 48.9 Å². The summed E-state index contributed by atoms with van der Waals surface area (Å²) in [6.45, 7) is 2.20. The molecule has 0 N–H and O–H groups in total. The molecule has 3 aromatic rings. The molecule has 0 bridgehead atoms. The second-order valence-electron chi connectivity index (χ2n) is 5.66. The summed E-state index contributed by atoms with van der Waals surface area (Å²) in [7, 11) is 4.82. The minimum atomic E-state index is 0.232. The number of hydrogen-bond acceptors (Lipinski definition) is 6. The van der Waals surface area contributed by atoms with E-state index in [1.54, 1.807) is 27.6 Å². The van der Waals surface area contributed by atoms with Gasteiger partial charge in [0.05, 0.1) is 21.3 Å². The maximum atomic E-state index is 5.88. The van der Waals surface area contributed by atoms with E-state index in [4.69, 9.17) is 23.4 Å². The third-order valence-electron chi connectivity index (χ3n) is 3.86. The fourth-order valence-corrected chi connectivity index (χ4v) is 2.54. The van der Waals surface area contributed by atoms with Crippen LogP contribution in [0.3, 0.4) is 0 Å². The van der Waals surface area contributed by atoms with Crippen molar-refractivity contribution >= 4 is 0 Å². The van der Waals surface area contributed by atoms with Gasteiger partial charge in [-0.1, -0.05) is 0 Å². The van der Waals surface area contributed by atoms with E-state index in [1.165, 1.54) is 0 Å². The Balaban J connectivity index is 1.76. The Morgan fingerprint density at radius 1 is 0.923 bits per heavy atom. The normalized spacial score (nSPS) is 10.5. The predicted octanol–water partition coefficient (Wildman–Crippen LogP) is 4.25. The van der Waals surface area contributed by atoms with Crippen LogP contribution in [0, 0.1) is 6.92 Å². The van der Waals surface area contributed by atoms with E-state index in [0.29, 0.717) is 28.8 Å². The zero-order valence-electron chi connectivity index (χ0n) is 15.2. The molecule has 6 nitrogen and oxygen atoms in total. The molecule has 0 aliphatic carbocycles. The minimum absolute atomic E-state index is 0.232. The lowest BCUT2D eigenvalue weighted by molar-refractivity contribution is 0.262. The first-order chi connectivity index (χ1) is 12.6. The average molecular weight is 355 g/mol. The number of rotatable bonds is 7. The third kappa shape index (κ3) is 3.74. The van der Waals surface area contributed by atoms with E-state index in [2.05, 4.69) is 4.98 Å². The van der Waals surface area contributed by atoms with E-state index >= 15 is 0 Å². The zero-order chi connectivity index (χ0) is 18.5. The molecule has 1 aromatic heterocycles. The molecule has 0 amide bonds. The summed E-state index contributed by atoms with van der Waals surface area (Å²) in [4.78, 5) is 4.47. The van der Waals surface area contributed by atoms with E-state index in [1.807, 2.05) is 43.3 Å². The first-order valence-corrected chi connectivity index (χ1v) is 8.09. The fraction of sp³-hybridized carbons (Fsp3) is 0.250. The summed E-state index contributed by atoms with van der Waals surface area (Å²) in [6.07, 6.45) is 1.58. The Hall–Kier alpha value is -3.15. The molecule has 0 radical (unpaired) electrons. The van der Waals surface area contributed by atoms with Crippen molar-refractivity contribution in [1.82, 2.24) is 4.98 Å². The summed E-state index contributed by atoms with van der Waals surface area (Å²) in [5, 5.41) is 0. The van der Waals surface area contributed by atoms with Crippen LogP contribution in [0.15, 0.2) is 47.1 Å². The predicted molar refractivity (Wildman–Crippen MR) is 97.1 cm³/mol. The maximum absolute atomic E-state index is 5.88. The molecule has 136 valence electrons. The van der Waals surface area contributed by atoms with E-state index in [-0.39, 0.29) is 6.61 Å². The zero-order valence-corrected chi connectivity index (χ0v) is 15.2. The van der Waals surface area contributed by atoms with Crippen molar-refractivity contribution in [1.29, 1.82) is 0 Å². The Morgan fingerprint density at radius 3 is 2.15 bits per heavy atom. The molecule has 0 aliphatic rings. The van der Waals surface area contributed by atoms with Crippen LogP contribution >= 0.6 is 0 Å². The summed E-state index contributed by atoms with van der Waals surface area (Å²) >= 11 is 0. The molecule has 0 aliphatic heterocycles. The molecule has 2 aromatic carbocycles. The molecule has 0 spiro atoms. The maximum Gasteiger partial charge on any atom is 0.226 e. The van der Waals surface area contributed by atoms with E-state index < -0.39 is 0 Å². The van der Waals surface area contributed by atoms with Crippen LogP contribution in [0.2, 0.25) is 0 Å². The van der Waals surface area contributed by atoms with Gasteiger partial charge in [-0.3, -0.25) is 0 Å². The number of hydrogen-bond donors (Lipinski definition) is 0. The van der Waals surface area contributed by atoms with Gasteiger partial charge in [-0.25, -0.2) is 4.98 Å². The molecular weight excluding hydrogens is 334 g/mol. The van der Waals surface area contributed by atoms with E-state index in [9.17, 15) is 0 Å². The second-order valence-corrected chi connectivity index (χ2v) is 5.66. The Bertz CT molecular complexity index is 845. The summed E-state index contributed by atoms with van der Waals surface area (Å²) in [6, 6.07) is 11.3. The van der Waals surface area contributed by atoms with Gasteiger partial charge in [0.1, 0.15) is 24.3 Å². The lowest BCUT2D eigenvalue weighted by Gasteiger charge is -2.14. The van der Waals surface area contributed by atoms with Crippen molar-refractivity contribution < 1.29 is 23.4 Å². The van der Waals surface area contributed by atoms with Gasteiger partial charge in [0.25, 0.3) is 0 Å². The highest BCUT2D eigenvalue weighted by Gasteiger charge is 2.15. The lowest BCUT2D eigenvalue weighted by atomic mass is 10.2. The smallest absolute Gasteiger partial charge is 0.226 e. The quantitative estimate of drug-likeness (QED) is 0.631. The molecular formula is C20H21NO5. The second kappa shape index (κ2) is 7.82. The van der Waals surface area contributed by atoms with Gasteiger partial charge in [0.15, 0.2) is 11.5 Å². The number of oxazole rings is 1. The molecule has 0 saturated carbocycles. The highest BCUT2D eigenvalue weighted by molar-refractivity contribution is 5.55. The Morgan fingerprint density at radius 2 is 1.58 bits per heavy atom. The molecule has 0 saturated heterocycles. The lowest BCUT2D eigenvalue weighted by Crippen LogP contribution is -2.01.